The summed E-state index contributed by atoms with van der Waals surface area (Å²) in [7, 11) is 1.61. The van der Waals surface area contributed by atoms with E-state index in [0.29, 0.717) is 19.6 Å². The second kappa shape index (κ2) is 7.00. The van der Waals surface area contributed by atoms with Gasteiger partial charge in [0.1, 0.15) is 11.4 Å². The third-order valence-corrected chi connectivity index (χ3v) is 6.92. The van der Waals surface area contributed by atoms with Crippen molar-refractivity contribution in [2.24, 2.45) is 11.8 Å². The van der Waals surface area contributed by atoms with Crippen molar-refractivity contribution >= 4 is 23.2 Å². The van der Waals surface area contributed by atoms with Gasteiger partial charge in [0.25, 0.3) is 0 Å². The van der Waals surface area contributed by atoms with Crippen molar-refractivity contribution in [3.8, 4) is 5.75 Å². The Hall–Kier alpha value is -2.64. The molecule has 2 fully saturated rings. The topological polar surface area (TPSA) is 67.9 Å². The molecule has 5 rings (SSSR count). The van der Waals surface area contributed by atoms with E-state index < -0.39 is 17.4 Å². The van der Waals surface area contributed by atoms with Crippen molar-refractivity contribution in [1.29, 1.82) is 0 Å². The van der Waals surface area contributed by atoms with Crippen LogP contribution in [-0.4, -0.2) is 42.1 Å². The summed E-state index contributed by atoms with van der Waals surface area (Å²) >= 11 is 1.63. The summed E-state index contributed by atoms with van der Waals surface area (Å²) in [4.78, 5) is 29.2. The number of likely N-dealkylation sites (tertiary alicyclic amines) is 1. The molecule has 0 saturated carbocycles. The Bertz CT molecular complexity index is 973. The van der Waals surface area contributed by atoms with Crippen LogP contribution in [0.2, 0.25) is 0 Å². The molecule has 3 aliphatic rings. The molecule has 2 aromatic rings. The van der Waals surface area contributed by atoms with E-state index in [0.717, 1.165) is 16.2 Å². The number of amides is 2. The number of ether oxygens (including phenoxy) is 2. The van der Waals surface area contributed by atoms with Gasteiger partial charge in [-0.05, 0) is 17.5 Å². The van der Waals surface area contributed by atoms with Crippen LogP contribution in [0.3, 0.4) is 0 Å². The lowest BCUT2D eigenvalue weighted by molar-refractivity contribution is -0.137. The van der Waals surface area contributed by atoms with E-state index in [1.54, 1.807) is 18.4 Å². The Morgan fingerprint density at radius 2 is 2.21 bits per heavy atom. The number of hydrogen-bond acceptors (Lipinski definition) is 5. The van der Waals surface area contributed by atoms with Crippen molar-refractivity contribution in [2.75, 3.05) is 13.7 Å². The molecule has 0 radical (unpaired) electrons. The molecule has 1 aromatic heterocycles. The summed E-state index contributed by atoms with van der Waals surface area (Å²) in [5, 5.41) is 4.99. The standard InChI is InChI=1S/C22H22N2O4S/c1-27-16-7-3-2-5-14(16)11-23-20(25)18-17-8-9-22(28-17)13-24(21(26)19(18)22)12-15-6-4-10-29-15/h2-10,17-19H,11-13H2,1H3,(H,23,25)/t17-,18+,19-,22-/m0/s1. The zero-order valence-corrected chi connectivity index (χ0v) is 16.9. The number of methoxy groups -OCH3 is 1. The number of para-hydroxylation sites is 1. The molecule has 2 bridgehead atoms. The number of hydrogen-bond donors (Lipinski definition) is 1. The maximum Gasteiger partial charge on any atom is 0.230 e. The molecule has 6 nitrogen and oxygen atoms in total. The number of benzene rings is 1. The number of carbonyl (C=O) groups excluding carboxylic acids is 2. The summed E-state index contributed by atoms with van der Waals surface area (Å²) in [6.45, 7) is 1.41. The molecule has 7 heteroatoms. The van der Waals surface area contributed by atoms with Crippen LogP contribution in [0.25, 0.3) is 0 Å². The zero-order chi connectivity index (χ0) is 20.0. The lowest BCUT2D eigenvalue weighted by Crippen LogP contribution is -2.43. The fourth-order valence-corrected chi connectivity index (χ4v) is 5.47. The minimum absolute atomic E-state index is 0.00249. The van der Waals surface area contributed by atoms with Gasteiger partial charge in [-0.2, -0.15) is 0 Å². The van der Waals surface area contributed by atoms with Gasteiger partial charge in [0.2, 0.25) is 11.8 Å². The first-order valence-electron chi connectivity index (χ1n) is 9.69. The molecule has 0 aliphatic carbocycles. The van der Waals surface area contributed by atoms with E-state index in [1.165, 1.54) is 0 Å². The molecule has 2 amide bonds. The van der Waals surface area contributed by atoms with Crippen molar-refractivity contribution in [2.45, 2.75) is 24.8 Å². The highest BCUT2D eigenvalue weighted by molar-refractivity contribution is 7.09. The minimum atomic E-state index is -0.675. The Kier molecular flexibility index (Phi) is 4.44. The number of fused-ring (bicyclic) bond motifs is 1. The molecule has 1 spiro atoms. The lowest BCUT2D eigenvalue weighted by atomic mass is 9.77. The van der Waals surface area contributed by atoms with E-state index in [4.69, 9.17) is 9.47 Å². The van der Waals surface area contributed by atoms with Crippen LogP contribution in [0, 0.1) is 11.8 Å². The summed E-state index contributed by atoms with van der Waals surface area (Å²) < 4.78 is 11.5. The van der Waals surface area contributed by atoms with Gasteiger partial charge in [0.05, 0.1) is 38.1 Å². The maximum atomic E-state index is 13.2. The maximum absolute atomic E-state index is 13.2. The fraction of sp³-hybridized carbons (Fsp3) is 0.364. The van der Waals surface area contributed by atoms with Crippen molar-refractivity contribution in [3.05, 3.63) is 64.4 Å². The lowest BCUT2D eigenvalue weighted by Gasteiger charge is -2.23. The average Bonchev–Trinajstić information content (AvgIpc) is 3.50. The normalized spacial score (nSPS) is 29.3. The largest absolute Gasteiger partial charge is 0.496 e. The van der Waals surface area contributed by atoms with Gasteiger partial charge in [0, 0.05) is 17.0 Å². The van der Waals surface area contributed by atoms with E-state index in [1.807, 2.05) is 58.8 Å². The van der Waals surface area contributed by atoms with E-state index in [9.17, 15) is 9.59 Å². The van der Waals surface area contributed by atoms with Gasteiger partial charge in [0.15, 0.2) is 0 Å². The number of nitrogens with zero attached hydrogens (tertiary/aromatic N) is 1. The SMILES string of the molecule is COc1ccccc1CNC(=O)[C@@H]1[C@@H]2C=C[C@@]3(CN(Cc4cccs4)C(=O)[C@H]13)O2. The number of nitrogens with one attached hydrogen (secondary N) is 1. The van der Waals surface area contributed by atoms with Gasteiger partial charge in [-0.1, -0.05) is 36.4 Å². The molecule has 4 atom stereocenters. The highest BCUT2D eigenvalue weighted by Crippen LogP contribution is 2.52. The number of rotatable bonds is 6. The zero-order valence-electron chi connectivity index (χ0n) is 16.0. The van der Waals surface area contributed by atoms with Gasteiger partial charge in [-0.25, -0.2) is 0 Å². The highest BCUT2D eigenvalue weighted by Gasteiger charge is 2.66. The fourth-order valence-electron chi connectivity index (χ4n) is 4.75. The summed E-state index contributed by atoms with van der Waals surface area (Å²) in [6, 6.07) is 11.6. The van der Waals surface area contributed by atoms with Crippen LogP contribution in [0.1, 0.15) is 10.4 Å². The van der Waals surface area contributed by atoms with Gasteiger partial charge in [-0.3, -0.25) is 9.59 Å². The molecule has 3 aliphatic heterocycles. The molecule has 1 aromatic carbocycles. The molecule has 2 saturated heterocycles. The predicted molar refractivity (Wildman–Crippen MR) is 108 cm³/mol. The highest BCUT2D eigenvalue weighted by atomic mass is 32.1. The van der Waals surface area contributed by atoms with Crippen molar-refractivity contribution in [1.82, 2.24) is 10.2 Å². The van der Waals surface area contributed by atoms with Crippen LogP contribution >= 0.6 is 11.3 Å². The van der Waals surface area contributed by atoms with Crippen LogP contribution in [-0.2, 0) is 27.4 Å². The van der Waals surface area contributed by atoms with Gasteiger partial charge < -0.3 is 19.7 Å². The Morgan fingerprint density at radius 1 is 1.34 bits per heavy atom. The molecule has 4 heterocycles. The first-order valence-corrected chi connectivity index (χ1v) is 10.6. The van der Waals surface area contributed by atoms with E-state index in [-0.39, 0.29) is 17.9 Å². The van der Waals surface area contributed by atoms with Crippen molar-refractivity contribution in [3.63, 3.8) is 0 Å². The Balaban J connectivity index is 1.33. The smallest absolute Gasteiger partial charge is 0.230 e. The van der Waals surface area contributed by atoms with Crippen LogP contribution in [0.5, 0.6) is 5.75 Å². The van der Waals surface area contributed by atoms with Crippen LogP contribution in [0.4, 0.5) is 0 Å². The monoisotopic (exact) mass is 410 g/mol. The van der Waals surface area contributed by atoms with Crippen molar-refractivity contribution < 1.29 is 19.1 Å². The molecule has 150 valence electrons. The molecule has 1 N–H and O–H groups in total. The molecule has 29 heavy (non-hydrogen) atoms. The Labute approximate surface area is 173 Å². The third-order valence-electron chi connectivity index (χ3n) is 6.05. The number of carbonyl (C=O) groups is 2. The van der Waals surface area contributed by atoms with E-state index >= 15 is 0 Å². The number of thiophene rings is 1. The average molecular weight is 410 g/mol. The quantitative estimate of drug-likeness (QED) is 0.743. The molecular formula is C22H22N2O4S. The first-order chi connectivity index (χ1) is 14.1. The van der Waals surface area contributed by atoms with Crippen LogP contribution in [0.15, 0.2) is 53.9 Å². The first kappa shape index (κ1) is 18.4. The summed E-state index contributed by atoms with van der Waals surface area (Å²) in [6.07, 6.45) is 3.58. The van der Waals surface area contributed by atoms with Crippen LogP contribution < -0.4 is 10.1 Å². The van der Waals surface area contributed by atoms with E-state index in [2.05, 4.69) is 5.32 Å². The molecule has 0 unspecified atom stereocenters. The summed E-state index contributed by atoms with van der Waals surface area (Å²) in [5.41, 5.74) is 0.223. The van der Waals surface area contributed by atoms with Gasteiger partial charge in [-0.15, -0.1) is 11.3 Å². The minimum Gasteiger partial charge on any atom is -0.496 e. The Morgan fingerprint density at radius 3 is 3.00 bits per heavy atom. The molecular weight excluding hydrogens is 388 g/mol. The second-order valence-corrected chi connectivity index (χ2v) is 8.74. The predicted octanol–water partition coefficient (Wildman–Crippen LogP) is 2.36. The summed E-state index contributed by atoms with van der Waals surface area (Å²) in [5.74, 6) is -0.385. The second-order valence-electron chi connectivity index (χ2n) is 7.70. The third kappa shape index (κ3) is 2.96. The van der Waals surface area contributed by atoms with Gasteiger partial charge >= 0.3 is 0 Å².